The highest BCUT2D eigenvalue weighted by Gasteiger charge is 2.20. The smallest absolute Gasteiger partial charge is 0.0541 e. The highest BCUT2D eigenvalue weighted by Crippen LogP contribution is 2.22. The number of aliphatic hydroxyl groups is 1. The molecule has 1 atom stereocenters. The molecule has 0 heterocycles. The Kier molecular flexibility index (Phi) is 4.82. The molecule has 1 aliphatic rings. The Balaban J connectivity index is 1.88. The van der Waals surface area contributed by atoms with E-state index in [1.807, 2.05) is 0 Å². The van der Waals surface area contributed by atoms with E-state index in [2.05, 4.69) is 59.1 Å². The molecule has 1 aromatic rings. The van der Waals surface area contributed by atoms with Crippen molar-refractivity contribution in [3.8, 4) is 0 Å². The molecule has 0 aromatic heterocycles. The summed E-state index contributed by atoms with van der Waals surface area (Å²) in [7, 11) is 0. The van der Waals surface area contributed by atoms with Crippen LogP contribution in [0.3, 0.4) is 0 Å². The predicted octanol–water partition coefficient (Wildman–Crippen LogP) is 3.25. The molecule has 0 radical (unpaired) electrons. The quantitative estimate of drug-likeness (QED) is 0.825. The lowest BCUT2D eigenvalue weighted by atomic mass is 9.92. The summed E-state index contributed by atoms with van der Waals surface area (Å²) in [6, 6.07) is 9.64. The van der Waals surface area contributed by atoms with E-state index < -0.39 is 0 Å². The van der Waals surface area contributed by atoms with Crippen LogP contribution >= 0.6 is 22.6 Å². The van der Waals surface area contributed by atoms with Crippen molar-refractivity contribution in [2.75, 3.05) is 0 Å². The summed E-state index contributed by atoms with van der Waals surface area (Å²) in [5.41, 5.74) is 1.34. The van der Waals surface area contributed by atoms with Crippen LogP contribution < -0.4 is 5.32 Å². The molecule has 2 rings (SSSR count). The van der Waals surface area contributed by atoms with Crippen LogP contribution in [0.15, 0.2) is 24.3 Å². The Morgan fingerprint density at radius 3 is 2.35 bits per heavy atom. The number of halogens is 1. The van der Waals surface area contributed by atoms with Crippen molar-refractivity contribution >= 4 is 22.6 Å². The van der Waals surface area contributed by atoms with Crippen molar-refractivity contribution < 1.29 is 5.11 Å². The van der Waals surface area contributed by atoms with Crippen LogP contribution in [-0.2, 0) is 0 Å². The molecule has 0 spiro atoms. The van der Waals surface area contributed by atoms with Gasteiger partial charge in [-0.3, -0.25) is 0 Å². The minimum absolute atomic E-state index is 0.0679. The minimum Gasteiger partial charge on any atom is -0.393 e. The number of aliphatic hydroxyl groups excluding tert-OH is 1. The SMILES string of the molecule is CC(NC1CCC(O)CC1)c1ccc(I)cc1. The molecule has 94 valence electrons. The topological polar surface area (TPSA) is 32.3 Å². The molecular weight excluding hydrogens is 325 g/mol. The van der Waals surface area contributed by atoms with E-state index >= 15 is 0 Å². The van der Waals surface area contributed by atoms with Gasteiger partial charge in [-0.2, -0.15) is 0 Å². The zero-order valence-electron chi connectivity index (χ0n) is 10.2. The Hall–Kier alpha value is -0.130. The third-order valence-corrected chi connectivity index (χ3v) is 4.27. The largest absolute Gasteiger partial charge is 0.393 e. The summed E-state index contributed by atoms with van der Waals surface area (Å²) in [4.78, 5) is 0. The molecule has 1 aromatic carbocycles. The first kappa shape index (κ1) is 13.3. The fourth-order valence-electron chi connectivity index (χ4n) is 2.44. The van der Waals surface area contributed by atoms with Gasteiger partial charge in [-0.05, 0) is 72.9 Å². The van der Waals surface area contributed by atoms with Gasteiger partial charge >= 0.3 is 0 Å². The molecule has 3 heteroatoms. The van der Waals surface area contributed by atoms with Crippen LogP contribution in [0.5, 0.6) is 0 Å². The third-order valence-electron chi connectivity index (χ3n) is 3.55. The molecule has 17 heavy (non-hydrogen) atoms. The Morgan fingerprint density at radius 1 is 1.18 bits per heavy atom. The molecule has 1 aliphatic carbocycles. The van der Waals surface area contributed by atoms with Gasteiger partial charge in [-0.1, -0.05) is 12.1 Å². The minimum atomic E-state index is -0.0679. The fraction of sp³-hybridized carbons (Fsp3) is 0.571. The van der Waals surface area contributed by atoms with Crippen molar-refractivity contribution in [1.82, 2.24) is 5.32 Å². The van der Waals surface area contributed by atoms with Gasteiger partial charge < -0.3 is 10.4 Å². The van der Waals surface area contributed by atoms with Crippen molar-refractivity contribution in [2.24, 2.45) is 0 Å². The van der Waals surface area contributed by atoms with Gasteiger partial charge in [0.25, 0.3) is 0 Å². The summed E-state index contributed by atoms with van der Waals surface area (Å²) in [5, 5.41) is 13.1. The number of hydrogen-bond donors (Lipinski definition) is 2. The normalized spacial score (nSPS) is 26.8. The molecule has 0 amide bonds. The predicted molar refractivity (Wildman–Crippen MR) is 79.0 cm³/mol. The Morgan fingerprint density at radius 2 is 1.76 bits per heavy atom. The van der Waals surface area contributed by atoms with Crippen LogP contribution in [0.4, 0.5) is 0 Å². The highest BCUT2D eigenvalue weighted by molar-refractivity contribution is 14.1. The number of nitrogens with one attached hydrogen (secondary N) is 1. The second kappa shape index (κ2) is 6.16. The number of hydrogen-bond acceptors (Lipinski definition) is 2. The van der Waals surface area contributed by atoms with Crippen molar-refractivity contribution in [2.45, 2.75) is 50.8 Å². The molecule has 1 saturated carbocycles. The lowest BCUT2D eigenvalue weighted by Crippen LogP contribution is -2.36. The zero-order valence-corrected chi connectivity index (χ0v) is 12.4. The molecule has 1 unspecified atom stereocenters. The monoisotopic (exact) mass is 345 g/mol. The van der Waals surface area contributed by atoms with Crippen molar-refractivity contribution in [3.63, 3.8) is 0 Å². The first-order valence-electron chi connectivity index (χ1n) is 6.34. The summed E-state index contributed by atoms with van der Waals surface area (Å²) >= 11 is 2.33. The van der Waals surface area contributed by atoms with E-state index in [9.17, 15) is 5.11 Å². The van der Waals surface area contributed by atoms with Gasteiger partial charge in [-0.15, -0.1) is 0 Å². The molecule has 0 aliphatic heterocycles. The zero-order chi connectivity index (χ0) is 12.3. The summed E-state index contributed by atoms with van der Waals surface area (Å²) in [6.07, 6.45) is 4.00. The maximum absolute atomic E-state index is 9.48. The van der Waals surface area contributed by atoms with Gasteiger partial charge in [0.15, 0.2) is 0 Å². The maximum atomic E-state index is 9.48. The van der Waals surface area contributed by atoms with Gasteiger partial charge in [0.2, 0.25) is 0 Å². The first-order valence-corrected chi connectivity index (χ1v) is 7.42. The van der Waals surface area contributed by atoms with Crippen LogP contribution in [0.25, 0.3) is 0 Å². The third kappa shape index (κ3) is 3.93. The van der Waals surface area contributed by atoms with Crippen LogP contribution in [0.1, 0.15) is 44.2 Å². The lowest BCUT2D eigenvalue weighted by Gasteiger charge is -2.29. The highest BCUT2D eigenvalue weighted by atomic mass is 127. The molecule has 0 bridgehead atoms. The van der Waals surface area contributed by atoms with E-state index in [0.717, 1.165) is 25.7 Å². The van der Waals surface area contributed by atoms with E-state index in [0.29, 0.717) is 12.1 Å². The fourth-order valence-corrected chi connectivity index (χ4v) is 2.80. The molecule has 2 N–H and O–H groups in total. The summed E-state index contributed by atoms with van der Waals surface area (Å²) < 4.78 is 1.28. The van der Waals surface area contributed by atoms with Crippen molar-refractivity contribution in [3.05, 3.63) is 33.4 Å². The van der Waals surface area contributed by atoms with E-state index in [-0.39, 0.29) is 6.10 Å². The second-order valence-corrected chi connectivity index (χ2v) is 6.19. The molecule has 0 saturated heterocycles. The second-order valence-electron chi connectivity index (χ2n) is 4.95. The standard InChI is InChI=1S/C14H20INO/c1-10(11-2-4-12(15)5-3-11)16-13-6-8-14(17)9-7-13/h2-5,10,13-14,16-17H,6-9H2,1H3. The van der Waals surface area contributed by atoms with E-state index in [4.69, 9.17) is 0 Å². The van der Waals surface area contributed by atoms with Gasteiger partial charge in [-0.25, -0.2) is 0 Å². The van der Waals surface area contributed by atoms with Gasteiger partial charge in [0.1, 0.15) is 0 Å². The van der Waals surface area contributed by atoms with Crippen LogP contribution in [0.2, 0.25) is 0 Å². The van der Waals surface area contributed by atoms with E-state index in [1.54, 1.807) is 0 Å². The number of rotatable bonds is 3. The molecule has 1 fully saturated rings. The Labute approximate surface area is 117 Å². The molecular formula is C14H20INO. The Bertz CT molecular complexity index is 344. The average Bonchev–Trinajstić information content (AvgIpc) is 2.33. The van der Waals surface area contributed by atoms with Crippen LogP contribution in [0, 0.1) is 3.57 Å². The number of benzene rings is 1. The lowest BCUT2D eigenvalue weighted by molar-refractivity contribution is 0.114. The van der Waals surface area contributed by atoms with Gasteiger partial charge in [0, 0.05) is 15.7 Å². The first-order chi connectivity index (χ1) is 8.15. The summed E-state index contributed by atoms with van der Waals surface area (Å²) in [6.45, 7) is 2.22. The van der Waals surface area contributed by atoms with Crippen LogP contribution in [-0.4, -0.2) is 17.3 Å². The van der Waals surface area contributed by atoms with Crippen molar-refractivity contribution in [1.29, 1.82) is 0 Å². The average molecular weight is 345 g/mol. The molecule has 2 nitrogen and oxygen atoms in total. The maximum Gasteiger partial charge on any atom is 0.0541 e. The van der Waals surface area contributed by atoms with E-state index in [1.165, 1.54) is 9.13 Å². The van der Waals surface area contributed by atoms with Gasteiger partial charge in [0.05, 0.1) is 6.10 Å². The summed E-state index contributed by atoms with van der Waals surface area (Å²) in [5.74, 6) is 0.